The summed E-state index contributed by atoms with van der Waals surface area (Å²) in [5, 5.41) is 0.238. The van der Waals surface area contributed by atoms with Gasteiger partial charge in [-0.25, -0.2) is 9.37 Å². The minimum atomic E-state index is -0.547. The van der Waals surface area contributed by atoms with E-state index in [2.05, 4.69) is 14.9 Å². The second-order valence-electron chi connectivity index (χ2n) is 6.63. The summed E-state index contributed by atoms with van der Waals surface area (Å²) in [4.78, 5) is 36.1. The number of piperazine rings is 1. The number of aromatic nitrogens is 2. The summed E-state index contributed by atoms with van der Waals surface area (Å²) < 4.78 is 14.0. The van der Waals surface area contributed by atoms with Crippen molar-refractivity contribution in [2.24, 2.45) is 0 Å². The average Bonchev–Trinajstić information content (AvgIpc) is 2.69. The van der Waals surface area contributed by atoms with Gasteiger partial charge in [0.1, 0.15) is 17.3 Å². The molecule has 138 valence electrons. The molecule has 1 aromatic carbocycles. The third-order valence-corrected chi connectivity index (χ3v) is 4.89. The molecule has 7 heteroatoms. The number of para-hydroxylation sites is 1. The molecule has 0 radical (unpaired) electrons. The van der Waals surface area contributed by atoms with Crippen molar-refractivity contribution in [3.05, 3.63) is 69.9 Å². The fourth-order valence-electron chi connectivity index (χ4n) is 3.45. The lowest BCUT2D eigenvalue weighted by molar-refractivity contribution is 0.0741. The van der Waals surface area contributed by atoms with Gasteiger partial charge in [-0.3, -0.25) is 9.59 Å². The van der Waals surface area contributed by atoms with Crippen molar-refractivity contribution in [2.45, 2.75) is 6.92 Å². The van der Waals surface area contributed by atoms with Crippen LogP contribution in [-0.4, -0.2) is 47.0 Å². The van der Waals surface area contributed by atoms with E-state index in [4.69, 9.17) is 0 Å². The number of benzene rings is 1. The lowest BCUT2D eigenvalue weighted by Gasteiger charge is -2.36. The predicted octanol–water partition coefficient (Wildman–Crippen LogP) is 2.33. The molecule has 0 unspecified atom stereocenters. The number of carbonyl (C=O) groups excluding carboxylic acids is 1. The van der Waals surface area contributed by atoms with Gasteiger partial charge < -0.3 is 14.8 Å². The van der Waals surface area contributed by atoms with Crippen molar-refractivity contribution < 1.29 is 9.18 Å². The van der Waals surface area contributed by atoms with Gasteiger partial charge >= 0.3 is 0 Å². The van der Waals surface area contributed by atoms with Gasteiger partial charge in [-0.1, -0.05) is 12.1 Å². The van der Waals surface area contributed by atoms with Gasteiger partial charge in [0.05, 0.1) is 5.52 Å². The van der Waals surface area contributed by atoms with Crippen molar-refractivity contribution in [1.82, 2.24) is 14.9 Å². The molecule has 1 amide bonds. The monoisotopic (exact) mass is 366 g/mol. The zero-order valence-electron chi connectivity index (χ0n) is 14.9. The van der Waals surface area contributed by atoms with E-state index < -0.39 is 5.82 Å². The Morgan fingerprint density at radius 1 is 1.15 bits per heavy atom. The van der Waals surface area contributed by atoms with E-state index in [1.165, 1.54) is 18.2 Å². The lowest BCUT2D eigenvalue weighted by atomic mass is 10.1. The smallest absolute Gasteiger partial charge is 0.270 e. The highest BCUT2D eigenvalue weighted by atomic mass is 19.1. The number of halogens is 1. The molecule has 2 aromatic heterocycles. The molecule has 1 fully saturated rings. The van der Waals surface area contributed by atoms with Crippen LogP contribution in [0.15, 0.2) is 47.4 Å². The maximum atomic E-state index is 14.0. The second-order valence-corrected chi connectivity index (χ2v) is 6.63. The summed E-state index contributed by atoms with van der Waals surface area (Å²) in [6, 6.07) is 9.44. The predicted molar refractivity (Wildman–Crippen MR) is 102 cm³/mol. The van der Waals surface area contributed by atoms with E-state index in [0.29, 0.717) is 26.2 Å². The largest absolute Gasteiger partial charge is 0.353 e. The van der Waals surface area contributed by atoms with Crippen LogP contribution in [0.25, 0.3) is 10.9 Å². The zero-order valence-corrected chi connectivity index (χ0v) is 14.9. The number of hydrogen-bond donors (Lipinski definition) is 1. The normalized spacial score (nSPS) is 14.6. The summed E-state index contributed by atoms with van der Waals surface area (Å²) in [5.74, 6) is 0.0788. The van der Waals surface area contributed by atoms with Gasteiger partial charge in [0.2, 0.25) is 0 Å². The molecule has 1 N–H and O–H groups in total. The topological polar surface area (TPSA) is 69.3 Å². The number of nitrogens with zero attached hydrogens (tertiary/aromatic N) is 3. The lowest BCUT2D eigenvalue weighted by Crippen LogP contribution is -2.49. The van der Waals surface area contributed by atoms with Gasteiger partial charge in [0.25, 0.3) is 5.91 Å². The number of fused-ring (bicyclic) bond motifs is 1. The van der Waals surface area contributed by atoms with Crippen LogP contribution in [0.1, 0.15) is 16.1 Å². The molecule has 0 bridgehead atoms. The summed E-state index contributed by atoms with van der Waals surface area (Å²) in [7, 11) is 0. The maximum Gasteiger partial charge on any atom is 0.270 e. The molecule has 4 rings (SSSR count). The summed E-state index contributed by atoms with van der Waals surface area (Å²) in [6.07, 6.45) is 1.76. The first-order valence-corrected chi connectivity index (χ1v) is 8.82. The number of rotatable bonds is 2. The molecule has 6 nitrogen and oxygen atoms in total. The standard InChI is InChI=1S/C20H19FN4O2/c1-13-4-3-7-22-19(13)24-8-10-25(11-9-24)20(27)16-12-17(26)14-5-2-6-15(21)18(14)23-16/h2-7,12H,8-11H2,1H3,(H,23,26). The Morgan fingerprint density at radius 2 is 1.93 bits per heavy atom. The summed E-state index contributed by atoms with van der Waals surface area (Å²) in [6.45, 7) is 4.32. The van der Waals surface area contributed by atoms with Crippen molar-refractivity contribution >= 4 is 22.6 Å². The van der Waals surface area contributed by atoms with Gasteiger partial charge in [0.15, 0.2) is 5.43 Å². The van der Waals surface area contributed by atoms with Gasteiger partial charge in [0, 0.05) is 43.8 Å². The molecule has 27 heavy (non-hydrogen) atoms. The maximum absolute atomic E-state index is 14.0. The van der Waals surface area contributed by atoms with E-state index in [1.54, 1.807) is 17.2 Å². The summed E-state index contributed by atoms with van der Waals surface area (Å²) in [5.41, 5.74) is 0.900. The minimum Gasteiger partial charge on any atom is -0.353 e. The second kappa shape index (κ2) is 6.83. The van der Waals surface area contributed by atoms with E-state index in [9.17, 15) is 14.0 Å². The molecule has 1 aliphatic heterocycles. The van der Waals surface area contributed by atoms with Crippen molar-refractivity contribution in [3.8, 4) is 0 Å². The Bertz CT molecular complexity index is 1070. The van der Waals surface area contributed by atoms with Crippen molar-refractivity contribution in [1.29, 1.82) is 0 Å². The molecule has 0 spiro atoms. The quantitative estimate of drug-likeness (QED) is 0.756. The van der Waals surface area contributed by atoms with Crippen LogP contribution < -0.4 is 10.3 Å². The highest BCUT2D eigenvalue weighted by molar-refractivity contribution is 5.95. The third-order valence-electron chi connectivity index (χ3n) is 4.89. The Balaban J connectivity index is 1.55. The summed E-state index contributed by atoms with van der Waals surface area (Å²) >= 11 is 0. The van der Waals surface area contributed by atoms with E-state index in [-0.39, 0.29) is 27.9 Å². The molecule has 1 saturated heterocycles. The van der Waals surface area contributed by atoms with Crippen molar-refractivity contribution in [2.75, 3.05) is 31.1 Å². The minimum absolute atomic E-state index is 0.0658. The van der Waals surface area contributed by atoms with Crippen LogP contribution in [-0.2, 0) is 0 Å². The van der Waals surface area contributed by atoms with Crippen LogP contribution in [0.2, 0.25) is 0 Å². The van der Waals surface area contributed by atoms with Crippen molar-refractivity contribution in [3.63, 3.8) is 0 Å². The molecule has 0 aliphatic carbocycles. The molecule has 1 aliphatic rings. The number of amides is 1. The van der Waals surface area contributed by atoms with Crippen LogP contribution in [0.3, 0.4) is 0 Å². The van der Waals surface area contributed by atoms with E-state index >= 15 is 0 Å². The average molecular weight is 366 g/mol. The Morgan fingerprint density at radius 3 is 2.67 bits per heavy atom. The van der Waals surface area contributed by atoms with Crippen LogP contribution in [0, 0.1) is 12.7 Å². The Labute approximate surface area is 155 Å². The molecular weight excluding hydrogens is 347 g/mol. The molecule has 3 heterocycles. The first-order chi connectivity index (χ1) is 13.0. The number of nitrogens with one attached hydrogen (secondary N) is 1. The zero-order chi connectivity index (χ0) is 19.0. The number of hydrogen-bond acceptors (Lipinski definition) is 4. The van der Waals surface area contributed by atoms with Crippen LogP contribution >= 0.6 is 0 Å². The Kier molecular flexibility index (Phi) is 4.35. The first-order valence-electron chi connectivity index (χ1n) is 8.82. The van der Waals surface area contributed by atoms with E-state index in [1.807, 2.05) is 19.1 Å². The molecule has 0 saturated carbocycles. The fraction of sp³-hybridized carbons (Fsp3) is 0.250. The number of pyridine rings is 2. The Hall–Kier alpha value is -3.22. The highest BCUT2D eigenvalue weighted by Gasteiger charge is 2.24. The number of carbonyl (C=O) groups is 1. The molecule has 3 aromatic rings. The van der Waals surface area contributed by atoms with Gasteiger partial charge in [-0.15, -0.1) is 0 Å². The molecular formula is C20H19FN4O2. The van der Waals surface area contributed by atoms with Gasteiger partial charge in [-0.05, 0) is 30.7 Å². The number of anilines is 1. The SMILES string of the molecule is Cc1cccnc1N1CCN(C(=O)c2cc(=O)c3cccc(F)c3[nH]2)CC1. The van der Waals surface area contributed by atoms with E-state index in [0.717, 1.165) is 11.4 Å². The first kappa shape index (κ1) is 17.2. The number of aryl methyl sites for hydroxylation is 1. The third kappa shape index (κ3) is 3.16. The van der Waals surface area contributed by atoms with Gasteiger partial charge in [-0.2, -0.15) is 0 Å². The molecule has 0 atom stereocenters. The highest BCUT2D eigenvalue weighted by Crippen LogP contribution is 2.19. The number of aromatic amines is 1. The fourth-order valence-corrected chi connectivity index (χ4v) is 3.45. The van der Waals surface area contributed by atoms with Crippen LogP contribution in [0.5, 0.6) is 0 Å². The van der Waals surface area contributed by atoms with Crippen LogP contribution in [0.4, 0.5) is 10.2 Å². The number of H-pyrrole nitrogens is 1.